The highest BCUT2D eigenvalue weighted by Gasteiger charge is 2.42. The Kier molecular flexibility index (Phi) is 4.84. The lowest BCUT2D eigenvalue weighted by atomic mass is 10.0. The quantitative estimate of drug-likeness (QED) is 0.776. The maximum absolute atomic E-state index is 14.3. The van der Waals surface area contributed by atoms with E-state index in [1.54, 1.807) is 12.1 Å². The number of amidine groups is 1. The van der Waals surface area contributed by atoms with E-state index in [-0.39, 0.29) is 5.82 Å². The Labute approximate surface area is 142 Å². The number of hydrogen-bond acceptors (Lipinski definition) is 3. The van der Waals surface area contributed by atoms with Gasteiger partial charge in [-0.05, 0) is 31.0 Å². The van der Waals surface area contributed by atoms with Crippen LogP contribution < -0.4 is 0 Å². The Morgan fingerprint density at radius 1 is 1.08 bits per heavy atom. The number of unbranched alkanes of at least 4 members (excludes halogenated alkanes) is 1. The van der Waals surface area contributed by atoms with E-state index in [9.17, 15) is 4.39 Å². The molecule has 0 fully saturated rings. The van der Waals surface area contributed by atoms with Gasteiger partial charge in [-0.2, -0.15) is 0 Å². The molecule has 24 heavy (non-hydrogen) atoms. The van der Waals surface area contributed by atoms with Gasteiger partial charge >= 0.3 is 0 Å². The second-order valence-corrected chi connectivity index (χ2v) is 6.33. The van der Waals surface area contributed by atoms with E-state index < -0.39 is 5.72 Å². The first-order valence-electron chi connectivity index (χ1n) is 8.46. The summed E-state index contributed by atoms with van der Waals surface area (Å²) in [5.41, 5.74) is 1.06. The van der Waals surface area contributed by atoms with Gasteiger partial charge in [0, 0.05) is 13.0 Å². The Morgan fingerprint density at radius 3 is 2.50 bits per heavy atom. The highest BCUT2D eigenvalue weighted by molar-refractivity contribution is 5.99. The summed E-state index contributed by atoms with van der Waals surface area (Å²) in [6.45, 7) is 4.95. The highest BCUT2D eigenvalue weighted by atomic mass is 19.1. The zero-order valence-corrected chi connectivity index (χ0v) is 14.2. The van der Waals surface area contributed by atoms with Crippen molar-refractivity contribution in [3.63, 3.8) is 0 Å². The van der Waals surface area contributed by atoms with Crippen molar-refractivity contribution in [1.29, 1.82) is 0 Å². The molecule has 0 radical (unpaired) electrons. The minimum atomic E-state index is -0.603. The molecule has 0 aliphatic carbocycles. The fourth-order valence-corrected chi connectivity index (χ4v) is 3.06. The molecular weight excluding hydrogens is 303 g/mol. The average molecular weight is 326 g/mol. The van der Waals surface area contributed by atoms with Crippen LogP contribution in [-0.4, -0.2) is 23.0 Å². The third kappa shape index (κ3) is 3.28. The van der Waals surface area contributed by atoms with Gasteiger partial charge < -0.3 is 9.74 Å². The zero-order chi connectivity index (χ0) is 17.0. The van der Waals surface area contributed by atoms with E-state index in [1.807, 2.05) is 31.2 Å². The number of oxime groups is 1. The minimum absolute atomic E-state index is 0.273. The third-order valence-electron chi connectivity index (χ3n) is 4.38. The van der Waals surface area contributed by atoms with Gasteiger partial charge in [-0.15, -0.1) is 0 Å². The van der Waals surface area contributed by atoms with Gasteiger partial charge in [0.2, 0.25) is 5.72 Å². The Morgan fingerprint density at radius 2 is 1.79 bits per heavy atom. The molecular formula is C20H23FN2O. The van der Waals surface area contributed by atoms with Crippen molar-refractivity contribution >= 4 is 5.84 Å². The highest BCUT2D eigenvalue weighted by Crippen LogP contribution is 2.31. The summed E-state index contributed by atoms with van der Waals surface area (Å²) in [5.74, 6) is 0.310. The van der Waals surface area contributed by atoms with Crippen LogP contribution in [-0.2, 0) is 11.3 Å². The van der Waals surface area contributed by atoms with Gasteiger partial charge in [0.15, 0.2) is 5.84 Å². The van der Waals surface area contributed by atoms with Crippen molar-refractivity contribution in [2.24, 2.45) is 5.16 Å². The normalized spacial score (nSPS) is 20.0. The Balaban J connectivity index is 1.90. The molecule has 1 heterocycles. The summed E-state index contributed by atoms with van der Waals surface area (Å²) in [6.07, 6.45) is 2.75. The van der Waals surface area contributed by atoms with Crippen LogP contribution in [0.5, 0.6) is 0 Å². The molecule has 126 valence electrons. The van der Waals surface area contributed by atoms with Gasteiger partial charge in [-0.1, -0.05) is 61.0 Å². The van der Waals surface area contributed by atoms with Crippen molar-refractivity contribution in [2.75, 3.05) is 6.54 Å². The predicted octanol–water partition coefficient (Wildman–Crippen LogP) is 4.58. The standard InChI is InChI=1S/C20H23FN2O/c1-3-4-14-23-19(17-12-8-9-13-18(17)21)22-24-20(23,2)15-16-10-6-5-7-11-16/h5-13H,3-4,14-15H2,1-2H3. The molecule has 0 bridgehead atoms. The zero-order valence-electron chi connectivity index (χ0n) is 14.2. The van der Waals surface area contributed by atoms with Crippen LogP contribution in [0.3, 0.4) is 0 Å². The molecule has 1 atom stereocenters. The number of hydrogen-bond donors (Lipinski definition) is 0. The molecule has 0 aromatic heterocycles. The van der Waals surface area contributed by atoms with Crippen LogP contribution in [0.15, 0.2) is 59.8 Å². The lowest BCUT2D eigenvalue weighted by Crippen LogP contribution is -2.48. The lowest BCUT2D eigenvalue weighted by Gasteiger charge is -2.34. The fourth-order valence-electron chi connectivity index (χ4n) is 3.06. The number of benzene rings is 2. The van der Waals surface area contributed by atoms with E-state index >= 15 is 0 Å². The molecule has 1 aliphatic rings. The number of rotatable bonds is 6. The van der Waals surface area contributed by atoms with E-state index in [1.165, 1.54) is 11.6 Å². The van der Waals surface area contributed by atoms with Gasteiger partial charge in [-0.3, -0.25) is 0 Å². The molecule has 3 nitrogen and oxygen atoms in total. The minimum Gasteiger partial charge on any atom is -0.365 e. The maximum Gasteiger partial charge on any atom is 0.212 e. The molecule has 0 saturated heterocycles. The van der Waals surface area contributed by atoms with Crippen LogP contribution in [0.25, 0.3) is 0 Å². The summed E-state index contributed by atoms with van der Waals surface area (Å²) >= 11 is 0. The van der Waals surface area contributed by atoms with Gasteiger partial charge in [-0.25, -0.2) is 4.39 Å². The molecule has 2 aromatic rings. The molecule has 3 rings (SSSR count). The predicted molar refractivity (Wildman–Crippen MR) is 94.2 cm³/mol. The Hall–Kier alpha value is -2.36. The second kappa shape index (κ2) is 7.04. The third-order valence-corrected chi connectivity index (χ3v) is 4.38. The largest absolute Gasteiger partial charge is 0.365 e. The van der Waals surface area contributed by atoms with Crippen molar-refractivity contribution in [3.8, 4) is 0 Å². The van der Waals surface area contributed by atoms with Crippen molar-refractivity contribution in [3.05, 3.63) is 71.5 Å². The topological polar surface area (TPSA) is 24.8 Å². The van der Waals surface area contributed by atoms with Crippen LogP contribution in [0.2, 0.25) is 0 Å². The summed E-state index contributed by atoms with van der Waals surface area (Å²) in [7, 11) is 0. The Bertz CT molecular complexity index is 717. The number of halogens is 1. The van der Waals surface area contributed by atoms with Crippen LogP contribution in [0.1, 0.15) is 37.8 Å². The first-order chi connectivity index (χ1) is 11.6. The van der Waals surface area contributed by atoms with E-state index in [0.717, 1.165) is 19.4 Å². The summed E-state index contributed by atoms with van der Waals surface area (Å²) in [5, 5.41) is 4.25. The molecule has 0 saturated carbocycles. The van der Waals surface area contributed by atoms with E-state index in [4.69, 9.17) is 4.84 Å². The van der Waals surface area contributed by atoms with E-state index in [0.29, 0.717) is 17.8 Å². The molecule has 2 aromatic carbocycles. The van der Waals surface area contributed by atoms with Crippen molar-refractivity contribution < 1.29 is 9.23 Å². The van der Waals surface area contributed by atoms with Gasteiger partial charge in [0.05, 0.1) is 5.56 Å². The fraction of sp³-hybridized carbons (Fsp3) is 0.350. The van der Waals surface area contributed by atoms with Gasteiger partial charge in [0.25, 0.3) is 0 Å². The number of nitrogens with zero attached hydrogens (tertiary/aromatic N) is 2. The molecule has 4 heteroatoms. The first-order valence-corrected chi connectivity index (χ1v) is 8.46. The van der Waals surface area contributed by atoms with Crippen LogP contribution >= 0.6 is 0 Å². The van der Waals surface area contributed by atoms with Crippen molar-refractivity contribution in [1.82, 2.24) is 4.90 Å². The summed E-state index contributed by atoms with van der Waals surface area (Å²) < 4.78 is 14.3. The maximum atomic E-state index is 14.3. The average Bonchev–Trinajstić information content (AvgIpc) is 2.90. The SMILES string of the molecule is CCCCN1C(c2ccccc2F)=NOC1(C)Cc1ccccc1. The van der Waals surface area contributed by atoms with Crippen molar-refractivity contribution in [2.45, 2.75) is 38.8 Å². The smallest absolute Gasteiger partial charge is 0.212 e. The molecule has 0 spiro atoms. The van der Waals surface area contributed by atoms with Crippen LogP contribution in [0.4, 0.5) is 4.39 Å². The molecule has 1 aliphatic heterocycles. The first kappa shape index (κ1) is 16.5. The molecule has 1 unspecified atom stereocenters. The summed E-state index contributed by atoms with van der Waals surface area (Å²) in [6, 6.07) is 16.9. The second-order valence-electron chi connectivity index (χ2n) is 6.33. The molecule has 0 N–H and O–H groups in total. The monoisotopic (exact) mass is 326 g/mol. The molecule has 0 amide bonds. The van der Waals surface area contributed by atoms with Gasteiger partial charge in [0.1, 0.15) is 5.82 Å². The summed E-state index contributed by atoms with van der Waals surface area (Å²) in [4.78, 5) is 7.92. The lowest BCUT2D eigenvalue weighted by molar-refractivity contribution is -0.0833. The van der Waals surface area contributed by atoms with Crippen LogP contribution in [0, 0.1) is 5.82 Å². The van der Waals surface area contributed by atoms with E-state index in [2.05, 4.69) is 29.1 Å².